The molecule has 2 rings (SSSR count). The molecule has 0 N–H and O–H groups in total. The number of hydrogen-bond donors (Lipinski definition) is 0. The second-order valence-electron chi connectivity index (χ2n) is 4.31. The summed E-state index contributed by atoms with van der Waals surface area (Å²) in [5.41, 5.74) is 1.72. The van der Waals surface area contributed by atoms with Crippen LogP contribution in [0.2, 0.25) is 0 Å². The minimum atomic E-state index is -0.240. The maximum absolute atomic E-state index is 14.2. The molecule has 0 saturated carbocycles. The van der Waals surface area contributed by atoms with Crippen molar-refractivity contribution in [3.05, 3.63) is 35.7 Å². The van der Waals surface area contributed by atoms with Crippen LogP contribution in [-0.2, 0) is 0 Å². The van der Waals surface area contributed by atoms with Gasteiger partial charge in [0.2, 0.25) is 0 Å². The summed E-state index contributed by atoms with van der Waals surface area (Å²) in [7, 11) is 2.05. The third kappa shape index (κ3) is 2.67. The third-order valence-electron chi connectivity index (χ3n) is 2.95. The van der Waals surface area contributed by atoms with E-state index in [1.54, 1.807) is 6.07 Å². The maximum Gasteiger partial charge on any atom is 0.172 e. The van der Waals surface area contributed by atoms with Crippen molar-refractivity contribution >= 4 is 5.57 Å². The van der Waals surface area contributed by atoms with Gasteiger partial charge < -0.3 is 9.64 Å². The van der Waals surface area contributed by atoms with Crippen molar-refractivity contribution < 1.29 is 9.13 Å². The molecule has 3 heteroatoms. The van der Waals surface area contributed by atoms with E-state index in [2.05, 4.69) is 18.0 Å². The summed E-state index contributed by atoms with van der Waals surface area (Å²) in [5.74, 6) is 0.107. The summed E-state index contributed by atoms with van der Waals surface area (Å²) in [6.45, 7) is 4.18. The number of hydrogen-bond acceptors (Lipinski definition) is 2. The lowest BCUT2D eigenvalue weighted by Gasteiger charge is -2.23. The first-order chi connectivity index (χ1) is 8.22. The first-order valence-electron chi connectivity index (χ1n) is 6.01. The molecule has 17 heavy (non-hydrogen) atoms. The smallest absolute Gasteiger partial charge is 0.172 e. The fourth-order valence-corrected chi connectivity index (χ4v) is 2.11. The third-order valence-corrected chi connectivity index (χ3v) is 2.95. The van der Waals surface area contributed by atoms with E-state index >= 15 is 0 Å². The summed E-state index contributed by atoms with van der Waals surface area (Å²) in [6.07, 6.45) is 3.10. The molecular formula is C14H18FNO. The van der Waals surface area contributed by atoms with Crippen LogP contribution in [-0.4, -0.2) is 31.6 Å². The molecule has 0 atom stereocenters. The zero-order valence-electron chi connectivity index (χ0n) is 10.4. The number of nitrogens with zero attached hydrogens (tertiary/aromatic N) is 1. The van der Waals surface area contributed by atoms with E-state index in [1.807, 2.05) is 19.1 Å². The molecule has 0 bridgehead atoms. The molecule has 0 spiro atoms. The second-order valence-corrected chi connectivity index (χ2v) is 4.31. The van der Waals surface area contributed by atoms with Crippen LogP contribution in [0.1, 0.15) is 18.9 Å². The van der Waals surface area contributed by atoms with Crippen LogP contribution in [0.25, 0.3) is 5.57 Å². The Morgan fingerprint density at radius 1 is 1.41 bits per heavy atom. The molecule has 1 heterocycles. The van der Waals surface area contributed by atoms with E-state index < -0.39 is 0 Å². The number of likely N-dealkylation sites (N-methyl/N-ethyl adjacent to an activating group) is 1. The lowest BCUT2D eigenvalue weighted by molar-refractivity contribution is 0.320. The van der Waals surface area contributed by atoms with E-state index in [0.29, 0.717) is 17.9 Å². The van der Waals surface area contributed by atoms with Crippen LogP contribution in [0.3, 0.4) is 0 Å². The summed E-state index contributed by atoms with van der Waals surface area (Å²) in [4.78, 5) is 2.20. The highest BCUT2D eigenvalue weighted by Crippen LogP contribution is 2.28. The standard InChI is InChI=1S/C14H18FNO/c1-3-17-13-8-4-7-12(14(13)15)11-6-5-9-16(2)10-11/h4,6-8H,3,5,9-10H2,1-2H3. The fourth-order valence-electron chi connectivity index (χ4n) is 2.11. The Hall–Kier alpha value is -1.35. The zero-order chi connectivity index (χ0) is 12.3. The van der Waals surface area contributed by atoms with E-state index in [0.717, 1.165) is 25.1 Å². The summed E-state index contributed by atoms with van der Waals surface area (Å²) < 4.78 is 19.5. The molecule has 1 aromatic rings. The van der Waals surface area contributed by atoms with Gasteiger partial charge in [0.15, 0.2) is 11.6 Å². The predicted octanol–water partition coefficient (Wildman–Crippen LogP) is 2.94. The van der Waals surface area contributed by atoms with Crippen LogP contribution in [0.15, 0.2) is 24.3 Å². The Kier molecular flexibility index (Phi) is 3.79. The summed E-state index contributed by atoms with van der Waals surface area (Å²) in [6, 6.07) is 5.34. The Labute approximate surface area is 102 Å². The molecule has 0 amide bonds. The average molecular weight is 235 g/mol. The molecule has 1 aliphatic rings. The molecule has 92 valence electrons. The van der Waals surface area contributed by atoms with E-state index in [9.17, 15) is 4.39 Å². The number of rotatable bonds is 3. The highest BCUT2D eigenvalue weighted by molar-refractivity contribution is 5.69. The molecule has 2 nitrogen and oxygen atoms in total. The van der Waals surface area contributed by atoms with Crippen molar-refractivity contribution in [1.82, 2.24) is 4.90 Å². The minimum Gasteiger partial charge on any atom is -0.491 e. The predicted molar refractivity (Wildman–Crippen MR) is 67.7 cm³/mol. The van der Waals surface area contributed by atoms with Gasteiger partial charge in [0, 0.05) is 18.7 Å². The largest absolute Gasteiger partial charge is 0.491 e. The highest BCUT2D eigenvalue weighted by Gasteiger charge is 2.16. The Morgan fingerprint density at radius 2 is 2.24 bits per heavy atom. The minimum absolute atomic E-state index is 0.240. The second kappa shape index (κ2) is 5.32. The van der Waals surface area contributed by atoms with Gasteiger partial charge in [0.1, 0.15) is 0 Å². The van der Waals surface area contributed by atoms with Gasteiger partial charge in [-0.3, -0.25) is 0 Å². The molecule has 0 radical (unpaired) electrons. The van der Waals surface area contributed by atoms with Gasteiger partial charge in [-0.2, -0.15) is 0 Å². The maximum atomic E-state index is 14.2. The summed E-state index contributed by atoms with van der Waals surface area (Å²) in [5, 5.41) is 0. The topological polar surface area (TPSA) is 12.5 Å². The van der Waals surface area contributed by atoms with E-state index in [-0.39, 0.29) is 5.82 Å². The average Bonchev–Trinajstić information content (AvgIpc) is 2.32. The zero-order valence-corrected chi connectivity index (χ0v) is 10.4. The first-order valence-corrected chi connectivity index (χ1v) is 6.01. The highest BCUT2D eigenvalue weighted by atomic mass is 19.1. The van der Waals surface area contributed by atoms with Crippen molar-refractivity contribution in [2.24, 2.45) is 0 Å². The van der Waals surface area contributed by atoms with Crippen LogP contribution >= 0.6 is 0 Å². The molecular weight excluding hydrogens is 217 g/mol. The van der Waals surface area contributed by atoms with Gasteiger partial charge >= 0.3 is 0 Å². The quantitative estimate of drug-likeness (QED) is 0.798. The van der Waals surface area contributed by atoms with Crippen molar-refractivity contribution in [1.29, 1.82) is 0 Å². The Morgan fingerprint density at radius 3 is 2.94 bits per heavy atom. The lowest BCUT2D eigenvalue weighted by Crippen LogP contribution is -2.25. The number of benzene rings is 1. The van der Waals surface area contributed by atoms with Gasteiger partial charge in [0.05, 0.1) is 6.61 Å². The monoisotopic (exact) mass is 235 g/mol. The molecule has 0 aliphatic carbocycles. The van der Waals surface area contributed by atoms with Crippen molar-refractivity contribution in [2.75, 3.05) is 26.7 Å². The van der Waals surface area contributed by atoms with Gasteiger partial charge in [-0.1, -0.05) is 18.2 Å². The number of halogens is 1. The van der Waals surface area contributed by atoms with Crippen molar-refractivity contribution in [3.8, 4) is 5.75 Å². The van der Waals surface area contributed by atoms with Crippen LogP contribution < -0.4 is 4.74 Å². The Bertz CT molecular complexity index is 428. The lowest BCUT2D eigenvalue weighted by atomic mass is 10.0. The summed E-state index contributed by atoms with van der Waals surface area (Å²) >= 11 is 0. The molecule has 1 aromatic carbocycles. The van der Waals surface area contributed by atoms with Crippen LogP contribution in [0.5, 0.6) is 5.75 Å². The van der Waals surface area contributed by atoms with E-state index in [1.165, 1.54) is 0 Å². The Balaban J connectivity index is 2.32. The fraction of sp³-hybridized carbons (Fsp3) is 0.429. The molecule has 1 aliphatic heterocycles. The molecule has 0 aromatic heterocycles. The van der Waals surface area contributed by atoms with E-state index in [4.69, 9.17) is 4.74 Å². The van der Waals surface area contributed by atoms with Crippen molar-refractivity contribution in [2.45, 2.75) is 13.3 Å². The normalized spacial score (nSPS) is 16.8. The number of ether oxygens (including phenoxy) is 1. The first kappa shape index (κ1) is 12.1. The molecule has 0 unspecified atom stereocenters. The van der Waals surface area contributed by atoms with Crippen LogP contribution in [0, 0.1) is 5.82 Å². The van der Waals surface area contributed by atoms with Gasteiger partial charge in [-0.05, 0) is 32.0 Å². The van der Waals surface area contributed by atoms with Gasteiger partial charge in [-0.15, -0.1) is 0 Å². The van der Waals surface area contributed by atoms with Crippen molar-refractivity contribution in [3.63, 3.8) is 0 Å². The van der Waals surface area contributed by atoms with Gasteiger partial charge in [0.25, 0.3) is 0 Å². The van der Waals surface area contributed by atoms with Crippen LogP contribution in [0.4, 0.5) is 4.39 Å². The molecule has 0 saturated heterocycles. The molecule has 0 fully saturated rings. The van der Waals surface area contributed by atoms with Gasteiger partial charge in [-0.25, -0.2) is 4.39 Å². The SMILES string of the molecule is CCOc1cccc(C2=CCCN(C)C2)c1F.